The Morgan fingerprint density at radius 1 is 0.586 bits per heavy atom. The molecule has 0 spiro atoms. The lowest BCUT2D eigenvalue weighted by Gasteiger charge is -2.28. The number of nitrogens with zero attached hydrogens (tertiary/aromatic N) is 2. The second-order valence-corrected chi connectivity index (χ2v) is 7.96. The fourth-order valence-electron chi connectivity index (χ4n) is 3.48. The molecule has 0 radical (unpaired) electrons. The number of hydrazine groups is 1. The molecule has 0 amide bonds. The molecule has 0 bridgehead atoms. The lowest BCUT2D eigenvalue weighted by atomic mass is 10.1. The van der Waals surface area contributed by atoms with E-state index >= 15 is 0 Å². The molecule has 0 saturated carbocycles. The minimum absolute atomic E-state index is 0.0353. The molecule has 29 heavy (non-hydrogen) atoms. The van der Waals surface area contributed by atoms with Gasteiger partial charge in [-0.15, -0.1) is 0 Å². The Bertz CT molecular complexity index is 374. The smallest absolute Gasteiger partial charge is 0.121 e. The Kier molecular flexibility index (Phi) is 20.7. The van der Waals surface area contributed by atoms with Crippen molar-refractivity contribution in [3.8, 4) is 0 Å². The molecule has 0 aliphatic carbocycles. The van der Waals surface area contributed by atoms with E-state index in [1.165, 1.54) is 25.7 Å². The lowest BCUT2D eigenvalue weighted by Crippen LogP contribution is -2.48. The van der Waals surface area contributed by atoms with E-state index in [4.69, 9.17) is 11.6 Å². The minimum atomic E-state index is -0.0353. The van der Waals surface area contributed by atoms with Crippen LogP contribution in [0.1, 0.15) is 83.5 Å². The van der Waals surface area contributed by atoms with Gasteiger partial charge in [0.05, 0.1) is 0 Å². The molecular formula is C22H44N4O3. The monoisotopic (exact) mass is 412 g/mol. The average molecular weight is 413 g/mol. The minimum Gasteiger partial charge on any atom is -0.325 e. The van der Waals surface area contributed by atoms with Crippen molar-refractivity contribution in [2.45, 2.75) is 89.5 Å². The van der Waals surface area contributed by atoms with Gasteiger partial charge >= 0.3 is 0 Å². The average Bonchev–Trinajstić information content (AvgIpc) is 2.70. The first-order valence-corrected chi connectivity index (χ1v) is 11.4. The number of nitrogens with two attached hydrogens (primary N) is 2. The second kappa shape index (κ2) is 21.6. The maximum Gasteiger partial charge on any atom is 0.121 e. The van der Waals surface area contributed by atoms with E-state index in [0.717, 1.165) is 77.0 Å². The predicted octanol–water partition coefficient (Wildman–Crippen LogP) is 2.46. The van der Waals surface area contributed by atoms with Crippen LogP contribution >= 0.6 is 0 Å². The van der Waals surface area contributed by atoms with Gasteiger partial charge in [0.25, 0.3) is 0 Å². The summed E-state index contributed by atoms with van der Waals surface area (Å²) < 4.78 is 0. The third-order valence-electron chi connectivity index (χ3n) is 5.09. The molecule has 0 aromatic carbocycles. The van der Waals surface area contributed by atoms with Crippen LogP contribution in [0, 0.1) is 0 Å². The van der Waals surface area contributed by atoms with E-state index in [2.05, 4.69) is 4.90 Å². The van der Waals surface area contributed by atoms with Gasteiger partial charge < -0.3 is 25.0 Å². The third kappa shape index (κ3) is 19.9. The predicted molar refractivity (Wildman–Crippen MR) is 118 cm³/mol. The van der Waals surface area contributed by atoms with Gasteiger partial charge in [0, 0.05) is 44.9 Å². The van der Waals surface area contributed by atoms with E-state index in [9.17, 15) is 14.4 Å². The first-order chi connectivity index (χ1) is 14.1. The van der Waals surface area contributed by atoms with Gasteiger partial charge in [0.1, 0.15) is 18.9 Å². The van der Waals surface area contributed by atoms with Gasteiger partial charge in [-0.2, -0.15) is 0 Å². The summed E-state index contributed by atoms with van der Waals surface area (Å²) in [6.45, 7) is 4.00. The van der Waals surface area contributed by atoms with Crippen molar-refractivity contribution in [3.05, 3.63) is 0 Å². The van der Waals surface area contributed by atoms with Gasteiger partial charge in [0.2, 0.25) is 0 Å². The van der Waals surface area contributed by atoms with Gasteiger partial charge in [-0.05, 0) is 38.8 Å². The van der Waals surface area contributed by atoms with E-state index in [0.29, 0.717) is 32.4 Å². The molecule has 170 valence electrons. The second-order valence-electron chi connectivity index (χ2n) is 7.96. The highest BCUT2D eigenvalue weighted by Gasteiger charge is 2.13. The number of carbonyl (C=O) groups is 3. The Hall–Kier alpha value is -1.15. The molecule has 0 aliphatic rings. The normalized spacial score (nSPS) is 12.4. The van der Waals surface area contributed by atoms with Crippen LogP contribution in [-0.4, -0.2) is 67.5 Å². The van der Waals surface area contributed by atoms with Crippen LogP contribution in [0.3, 0.4) is 0 Å². The highest BCUT2D eigenvalue weighted by atomic mass is 16.1. The summed E-state index contributed by atoms with van der Waals surface area (Å²) in [7, 11) is 0. The van der Waals surface area contributed by atoms with Crippen LogP contribution in [0.4, 0.5) is 0 Å². The van der Waals surface area contributed by atoms with Crippen LogP contribution in [0.5, 0.6) is 0 Å². The highest BCUT2D eigenvalue weighted by Crippen LogP contribution is 2.09. The molecule has 0 rings (SSSR count). The van der Waals surface area contributed by atoms with E-state index in [-0.39, 0.29) is 6.04 Å². The number of rotatable bonds is 23. The Balaban J connectivity index is 4.15. The topological polar surface area (TPSA) is 110 Å². The van der Waals surface area contributed by atoms with E-state index < -0.39 is 0 Å². The fraction of sp³-hybridized carbons (Fsp3) is 0.864. The molecule has 0 fully saturated rings. The zero-order valence-electron chi connectivity index (χ0n) is 18.3. The Morgan fingerprint density at radius 3 is 1.52 bits per heavy atom. The molecule has 7 heteroatoms. The molecule has 7 nitrogen and oxygen atoms in total. The molecule has 0 aliphatic heterocycles. The van der Waals surface area contributed by atoms with Crippen molar-refractivity contribution < 1.29 is 14.4 Å². The summed E-state index contributed by atoms with van der Waals surface area (Å²) in [4.78, 5) is 33.6. The number of carbonyl (C=O) groups excluding carboxylic acids is 3. The number of unbranched alkanes of at least 4 members (excludes halogenated alkanes) is 10. The summed E-state index contributed by atoms with van der Waals surface area (Å²) in [5.74, 6) is 5.92. The standard InChI is InChI=1S/C22H44N4O3/c23-22(21-26(24)16-13-19-29)20-25(14-9-5-1-3-7-11-17-27)15-10-6-2-4-8-12-18-28/h17-19,22H,1-16,20-21,23-24H2. The molecule has 0 aromatic heterocycles. The van der Waals surface area contributed by atoms with Crippen molar-refractivity contribution in [1.82, 2.24) is 9.91 Å². The largest absolute Gasteiger partial charge is 0.325 e. The molecule has 0 saturated heterocycles. The maximum absolute atomic E-state index is 10.5. The Morgan fingerprint density at radius 2 is 1.03 bits per heavy atom. The van der Waals surface area contributed by atoms with Crippen molar-refractivity contribution in [2.24, 2.45) is 11.6 Å². The first kappa shape index (κ1) is 27.8. The summed E-state index contributed by atoms with van der Waals surface area (Å²) in [6, 6.07) is -0.0353. The molecule has 1 unspecified atom stereocenters. The number of hydrogen-bond donors (Lipinski definition) is 2. The Labute approximate surface area is 177 Å². The SMILES string of the molecule is NC(CN(N)CCC=O)CN(CCCCCCCC=O)CCCCCCCC=O. The van der Waals surface area contributed by atoms with Crippen LogP contribution in [-0.2, 0) is 14.4 Å². The zero-order valence-corrected chi connectivity index (χ0v) is 18.3. The van der Waals surface area contributed by atoms with Crippen molar-refractivity contribution in [3.63, 3.8) is 0 Å². The van der Waals surface area contributed by atoms with Gasteiger partial charge in [-0.25, -0.2) is 5.01 Å². The van der Waals surface area contributed by atoms with Crippen molar-refractivity contribution in [1.29, 1.82) is 0 Å². The van der Waals surface area contributed by atoms with Crippen LogP contribution in [0.15, 0.2) is 0 Å². The third-order valence-corrected chi connectivity index (χ3v) is 5.09. The van der Waals surface area contributed by atoms with E-state index in [1.54, 1.807) is 5.01 Å². The molecule has 4 N–H and O–H groups in total. The van der Waals surface area contributed by atoms with Crippen LogP contribution in [0.25, 0.3) is 0 Å². The molecule has 0 heterocycles. The van der Waals surface area contributed by atoms with Gasteiger partial charge in [-0.3, -0.25) is 5.84 Å². The summed E-state index contributed by atoms with van der Waals surface area (Å²) in [5, 5.41) is 1.64. The lowest BCUT2D eigenvalue weighted by molar-refractivity contribution is -0.108. The maximum atomic E-state index is 10.5. The fourth-order valence-corrected chi connectivity index (χ4v) is 3.48. The van der Waals surface area contributed by atoms with E-state index in [1.807, 2.05) is 0 Å². The molecule has 0 aromatic rings. The first-order valence-electron chi connectivity index (χ1n) is 11.4. The van der Waals surface area contributed by atoms with Crippen LogP contribution in [0.2, 0.25) is 0 Å². The summed E-state index contributed by atoms with van der Waals surface area (Å²) >= 11 is 0. The summed E-state index contributed by atoms with van der Waals surface area (Å²) in [5.41, 5.74) is 6.30. The quantitative estimate of drug-likeness (QED) is 0.115. The number of hydrogen-bond acceptors (Lipinski definition) is 7. The van der Waals surface area contributed by atoms with Crippen molar-refractivity contribution in [2.75, 3.05) is 32.7 Å². The highest BCUT2D eigenvalue weighted by molar-refractivity contribution is 5.49. The van der Waals surface area contributed by atoms with Gasteiger partial charge in [-0.1, -0.05) is 38.5 Å². The number of aldehydes is 3. The molecular weight excluding hydrogens is 368 g/mol. The van der Waals surface area contributed by atoms with Crippen LogP contribution < -0.4 is 11.6 Å². The van der Waals surface area contributed by atoms with Crippen molar-refractivity contribution >= 4 is 18.9 Å². The molecule has 1 atom stereocenters. The summed E-state index contributed by atoms with van der Waals surface area (Å²) in [6.07, 6.45) is 15.9. The van der Waals surface area contributed by atoms with Gasteiger partial charge in [0.15, 0.2) is 0 Å². The zero-order chi connectivity index (χ0) is 21.6.